The van der Waals surface area contributed by atoms with E-state index < -0.39 is 10.0 Å². The fourth-order valence-electron chi connectivity index (χ4n) is 1.73. The third kappa shape index (κ3) is 3.63. The van der Waals surface area contributed by atoms with Gasteiger partial charge in [0.15, 0.2) is 0 Å². The molecule has 1 aromatic heterocycles. The Morgan fingerprint density at radius 3 is 2.90 bits per heavy atom. The van der Waals surface area contributed by atoms with Crippen LogP contribution in [-0.4, -0.2) is 13.4 Å². The number of aromatic nitrogens is 1. The molecule has 5 nitrogen and oxygen atoms in total. The van der Waals surface area contributed by atoms with Gasteiger partial charge in [-0.15, -0.1) is 11.3 Å². The van der Waals surface area contributed by atoms with Crippen LogP contribution in [-0.2, 0) is 16.6 Å². The molecule has 0 bridgehead atoms. The Morgan fingerprint density at radius 1 is 1.45 bits per heavy atom. The first-order valence-corrected chi connectivity index (χ1v) is 8.62. The molecule has 2 aromatic rings. The second-order valence-corrected chi connectivity index (χ2v) is 7.12. The van der Waals surface area contributed by atoms with Crippen LogP contribution >= 0.6 is 11.3 Å². The highest BCUT2D eigenvalue weighted by Gasteiger charge is 2.15. The Kier molecular flexibility index (Phi) is 4.87. The summed E-state index contributed by atoms with van der Waals surface area (Å²) in [6, 6.07) is 6.61. The second kappa shape index (κ2) is 6.45. The molecule has 0 radical (unpaired) electrons. The Bertz CT molecular complexity index is 654. The van der Waals surface area contributed by atoms with E-state index in [-0.39, 0.29) is 17.5 Å². The molecule has 20 heavy (non-hydrogen) atoms. The van der Waals surface area contributed by atoms with Gasteiger partial charge in [0, 0.05) is 23.7 Å². The average Bonchev–Trinajstić information content (AvgIpc) is 2.98. The van der Waals surface area contributed by atoms with Crippen LogP contribution in [0.25, 0.3) is 0 Å². The van der Waals surface area contributed by atoms with E-state index >= 15 is 0 Å². The Hall–Kier alpha value is -1.28. The Labute approximate surface area is 122 Å². The van der Waals surface area contributed by atoms with Crippen molar-refractivity contribution < 1.29 is 8.42 Å². The van der Waals surface area contributed by atoms with Gasteiger partial charge in [0.1, 0.15) is 0 Å². The minimum absolute atomic E-state index is 0.147. The third-order valence-electron chi connectivity index (χ3n) is 2.96. The first-order chi connectivity index (χ1) is 9.53. The highest BCUT2D eigenvalue weighted by molar-refractivity contribution is 7.89. The van der Waals surface area contributed by atoms with Crippen molar-refractivity contribution in [1.82, 2.24) is 9.71 Å². The molecule has 3 N–H and O–H groups in total. The lowest BCUT2D eigenvalue weighted by molar-refractivity contribution is 0.581. The van der Waals surface area contributed by atoms with Crippen LogP contribution in [0.3, 0.4) is 0 Å². The van der Waals surface area contributed by atoms with Gasteiger partial charge in [-0.25, -0.2) is 13.1 Å². The zero-order valence-electron chi connectivity index (χ0n) is 11.1. The van der Waals surface area contributed by atoms with Gasteiger partial charge in [-0.3, -0.25) is 4.98 Å². The molecule has 0 aliphatic heterocycles. The molecule has 1 atom stereocenters. The summed E-state index contributed by atoms with van der Waals surface area (Å²) < 4.78 is 27.0. The standard InChI is InChI=1S/C13H17N3O2S2/c1-2-13(14)10-4-3-5-12(6-10)20(17,18)16-8-11-7-15-9-19-11/h3-7,9,13,16H,2,8,14H2,1H3. The lowest BCUT2D eigenvalue weighted by Crippen LogP contribution is -2.23. The van der Waals surface area contributed by atoms with Crippen molar-refractivity contribution in [3.8, 4) is 0 Å². The Balaban J connectivity index is 2.16. The highest BCUT2D eigenvalue weighted by atomic mass is 32.2. The average molecular weight is 311 g/mol. The van der Waals surface area contributed by atoms with Crippen molar-refractivity contribution >= 4 is 21.4 Å². The number of hydrogen-bond acceptors (Lipinski definition) is 5. The molecule has 0 aliphatic carbocycles. The van der Waals surface area contributed by atoms with Gasteiger partial charge in [-0.1, -0.05) is 19.1 Å². The Morgan fingerprint density at radius 2 is 2.25 bits per heavy atom. The smallest absolute Gasteiger partial charge is 0.240 e. The van der Waals surface area contributed by atoms with Crippen LogP contribution in [0.1, 0.15) is 29.8 Å². The summed E-state index contributed by atoms with van der Waals surface area (Å²) >= 11 is 1.41. The van der Waals surface area contributed by atoms with Crippen molar-refractivity contribution in [2.75, 3.05) is 0 Å². The first kappa shape index (κ1) is 15.1. The van der Waals surface area contributed by atoms with Crippen LogP contribution in [0.4, 0.5) is 0 Å². The van der Waals surface area contributed by atoms with Gasteiger partial charge in [0.05, 0.1) is 10.4 Å². The summed E-state index contributed by atoms with van der Waals surface area (Å²) in [5.74, 6) is 0. The fraction of sp³-hybridized carbons (Fsp3) is 0.308. The predicted octanol–water partition coefficient (Wildman–Crippen LogP) is 2.03. The van der Waals surface area contributed by atoms with E-state index in [4.69, 9.17) is 5.73 Å². The maximum absolute atomic E-state index is 12.2. The van der Waals surface area contributed by atoms with Crippen LogP contribution in [0.5, 0.6) is 0 Å². The number of sulfonamides is 1. The molecule has 7 heteroatoms. The van der Waals surface area contributed by atoms with Crippen molar-refractivity contribution in [1.29, 1.82) is 0 Å². The van der Waals surface area contributed by atoms with Crippen molar-refractivity contribution in [2.45, 2.75) is 30.8 Å². The zero-order chi connectivity index (χ0) is 14.6. The lowest BCUT2D eigenvalue weighted by Gasteiger charge is -2.11. The SMILES string of the molecule is CCC(N)c1cccc(S(=O)(=O)NCc2cncs2)c1. The molecule has 0 saturated carbocycles. The van der Waals surface area contributed by atoms with E-state index in [0.717, 1.165) is 16.9 Å². The summed E-state index contributed by atoms with van der Waals surface area (Å²) in [4.78, 5) is 5.02. The minimum atomic E-state index is -3.53. The van der Waals surface area contributed by atoms with Crippen molar-refractivity contribution in [3.63, 3.8) is 0 Å². The molecule has 0 spiro atoms. The lowest BCUT2D eigenvalue weighted by atomic mass is 10.1. The van der Waals surface area contributed by atoms with Crippen LogP contribution < -0.4 is 10.5 Å². The monoisotopic (exact) mass is 311 g/mol. The quantitative estimate of drug-likeness (QED) is 0.855. The summed E-state index contributed by atoms with van der Waals surface area (Å²) in [5, 5.41) is 0. The van der Waals surface area contributed by atoms with E-state index in [2.05, 4.69) is 9.71 Å². The molecule has 0 aliphatic rings. The molecule has 0 amide bonds. The molecule has 1 aromatic carbocycles. The second-order valence-electron chi connectivity index (χ2n) is 4.38. The van der Waals surface area contributed by atoms with Gasteiger partial charge < -0.3 is 5.73 Å². The largest absolute Gasteiger partial charge is 0.324 e. The first-order valence-electron chi connectivity index (χ1n) is 6.25. The predicted molar refractivity (Wildman–Crippen MR) is 79.8 cm³/mol. The van der Waals surface area contributed by atoms with Gasteiger partial charge in [0.2, 0.25) is 10.0 Å². The number of nitrogens with one attached hydrogen (secondary N) is 1. The van der Waals surface area contributed by atoms with Gasteiger partial charge >= 0.3 is 0 Å². The van der Waals surface area contributed by atoms with Crippen LogP contribution in [0.2, 0.25) is 0 Å². The van der Waals surface area contributed by atoms with E-state index in [1.165, 1.54) is 11.3 Å². The highest BCUT2D eigenvalue weighted by Crippen LogP contribution is 2.18. The number of nitrogens with zero attached hydrogens (tertiary/aromatic N) is 1. The molecular weight excluding hydrogens is 294 g/mol. The maximum atomic E-state index is 12.2. The van der Waals surface area contributed by atoms with Crippen molar-refractivity contribution in [2.24, 2.45) is 5.73 Å². The van der Waals surface area contributed by atoms with E-state index in [1.807, 2.05) is 13.0 Å². The van der Waals surface area contributed by atoms with Crippen LogP contribution in [0.15, 0.2) is 40.9 Å². The third-order valence-corrected chi connectivity index (χ3v) is 5.13. The minimum Gasteiger partial charge on any atom is -0.324 e. The van der Waals surface area contributed by atoms with E-state index in [1.54, 1.807) is 29.9 Å². The maximum Gasteiger partial charge on any atom is 0.240 e. The molecule has 2 rings (SSSR count). The molecule has 0 fully saturated rings. The van der Waals surface area contributed by atoms with E-state index in [9.17, 15) is 8.42 Å². The number of thiazole rings is 1. The summed E-state index contributed by atoms with van der Waals surface area (Å²) in [6.45, 7) is 2.21. The van der Waals surface area contributed by atoms with Gasteiger partial charge in [-0.05, 0) is 24.1 Å². The number of hydrogen-bond donors (Lipinski definition) is 2. The summed E-state index contributed by atoms with van der Waals surface area (Å²) in [7, 11) is -3.53. The molecule has 108 valence electrons. The number of rotatable bonds is 6. The normalized spacial score (nSPS) is 13.3. The molecule has 0 saturated heterocycles. The van der Waals surface area contributed by atoms with Gasteiger partial charge in [0.25, 0.3) is 0 Å². The molecule has 1 heterocycles. The van der Waals surface area contributed by atoms with E-state index in [0.29, 0.717) is 0 Å². The number of nitrogens with two attached hydrogens (primary N) is 1. The topological polar surface area (TPSA) is 85.1 Å². The fourth-order valence-corrected chi connectivity index (χ4v) is 3.41. The van der Waals surface area contributed by atoms with Crippen molar-refractivity contribution in [3.05, 3.63) is 46.4 Å². The molecule has 1 unspecified atom stereocenters. The zero-order valence-corrected chi connectivity index (χ0v) is 12.7. The van der Waals surface area contributed by atoms with Gasteiger partial charge in [-0.2, -0.15) is 0 Å². The number of benzene rings is 1. The molecular formula is C13H17N3O2S2. The summed E-state index contributed by atoms with van der Waals surface area (Å²) in [5.41, 5.74) is 8.43. The summed E-state index contributed by atoms with van der Waals surface area (Å²) in [6.07, 6.45) is 2.41. The van der Waals surface area contributed by atoms with Crippen LogP contribution in [0, 0.1) is 0 Å².